The van der Waals surface area contributed by atoms with Gasteiger partial charge in [0.2, 0.25) is 0 Å². The van der Waals surface area contributed by atoms with Crippen LogP contribution in [0.25, 0.3) is 0 Å². The van der Waals surface area contributed by atoms with E-state index in [1.54, 1.807) is 0 Å². The van der Waals surface area contributed by atoms with E-state index in [2.05, 4.69) is 31.3 Å². The average molecular weight is 179 g/mol. The Morgan fingerprint density at radius 2 is 2.15 bits per heavy atom. The van der Waals surface area contributed by atoms with Gasteiger partial charge in [-0.05, 0) is 43.6 Å². The molecule has 0 aromatic rings. The predicted molar refractivity (Wildman–Crippen MR) is 56.7 cm³/mol. The van der Waals surface area contributed by atoms with Crippen molar-refractivity contribution in [3.05, 3.63) is 12.2 Å². The molecule has 2 rings (SSSR count). The molecule has 2 aliphatic carbocycles. The fraction of sp³-hybridized carbons (Fsp3) is 0.833. The van der Waals surface area contributed by atoms with Gasteiger partial charge in [0.25, 0.3) is 0 Å². The van der Waals surface area contributed by atoms with Crippen molar-refractivity contribution in [1.29, 1.82) is 0 Å². The van der Waals surface area contributed by atoms with Crippen molar-refractivity contribution in [2.75, 3.05) is 6.54 Å². The standard InChI is InChI=1S/C12H21N/c1-12(2)8-11(12)13-9-10-6-4-3-5-7-10/h3-4,10-11,13H,5-9H2,1-2H3. The van der Waals surface area contributed by atoms with Crippen molar-refractivity contribution < 1.29 is 0 Å². The Bertz CT molecular complexity index is 205. The number of nitrogens with one attached hydrogen (secondary N) is 1. The fourth-order valence-electron chi connectivity index (χ4n) is 2.17. The summed E-state index contributed by atoms with van der Waals surface area (Å²) in [7, 11) is 0. The molecule has 1 nitrogen and oxygen atoms in total. The molecule has 0 amide bonds. The van der Waals surface area contributed by atoms with Crippen molar-refractivity contribution >= 4 is 0 Å². The fourth-order valence-corrected chi connectivity index (χ4v) is 2.17. The zero-order chi connectivity index (χ0) is 9.31. The summed E-state index contributed by atoms with van der Waals surface area (Å²) in [6.07, 6.45) is 10.00. The van der Waals surface area contributed by atoms with Gasteiger partial charge < -0.3 is 5.32 Å². The lowest BCUT2D eigenvalue weighted by molar-refractivity contribution is 0.421. The molecule has 0 aliphatic heterocycles. The summed E-state index contributed by atoms with van der Waals surface area (Å²) in [5.74, 6) is 0.904. The molecule has 1 saturated carbocycles. The van der Waals surface area contributed by atoms with E-state index in [1.165, 1.54) is 32.2 Å². The summed E-state index contributed by atoms with van der Waals surface area (Å²) in [5.41, 5.74) is 0.588. The lowest BCUT2D eigenvalue weighted by Gasteiger charge is -2.18. The zero-order valence-corrected chi connectivity index (χ0v) is 8.84. The summed E-state index contributed by atoms with van der Waals surface area (Å²) >= 11 is 0. The second kappa shape index (κ2) is 3.45. The molecular formula is C12H21N. The van der Waals surface area contributed by atoms with Crippen LogP contribution in [0.5, 0.6) is 0 Å². The van der Waals surface area contributed by atoms with E-state index >= 15 is 0 Å². The normalized spacial score (nSPS) is 36.2. The van der Waals surface area contributed by atoms with Gasteiger partial charge in [0, 0.05) is 6.04 Å². The van der Waals surface area contributed by atoms with Gasteiger partial charge in [0.1, 0.15) is 0 Å². The SMILES string of the molecule is CC1(C)CC1NCC1CC=CCC1. The third-order valence-electron chi connectivity index (χ3n) is 3.54. The molecule has 1 heteroatoms. The number of allylic oxidation sites excluding steroid dienone is 2. The largest absolute Gasteiger partial charge is 0.313 e. The molecule has 0 heterocycles. The molecule has 2 aliphatic rings. The van der Waals surface area contributed by atoms with Crippen molar-refractivity contribution in [2.24, 2.45) is 11.3 Å². The summed E-state index contributed by atoms with van der Waals surface area (Å²) in [6, 6.07) is 0.804. The quantitative estimate of drug-likeness (QED) is 0.657. The maximum absolute atomic E-state index is 3.68. The van der Waals surface area contributed by atoms with E-state index in [1.807, 2.05) is 0 Å². The molecule has 0 aromatic heterocycles. The topological polar surface area (TPSA) is 12.0 Å². The second-order valence-corrected chi connectivity index (χ2v) is 5.30. The van der Waals surface area contributed by atoms with E-state index in [0.29, 0.717) is 5.41 Å². The van der Waals surface area contributed by atoms with Crippen LogP contribution in [-0.2, 0) is 0 Å². The van der Waals surface area contributed by atoms with Crippen molar-refractivity contribution in [2.45, 2.75) is 45.6 Å². The Kier molecular flexibility index (Phi) is 2.46. The second-order valence-electron chi connectivity index (χ2n) is 5.30. The Labute approximate surface area is 81.6 Å². The van der Waals surface area contributed by atoms with Crippen LogP contribution in [0.3, 0.4) is 0 Å². The molecule has 0 aromatic carbocycles. The van der Waals surface area contributed by atoms with Gasteiger partial charge in [-0.15, -0.1) is 0 Å². The summed E-state index contributed by atoms with van der Waals surface area (Å²) in [4.78, 5) is 0. The third-order valence-corrected chi connectivity index (χ3v) is 3.54. The highest BCUT2D eigenvalue weighted by atomic mass is 15.0. The van der Waals surface area contributed by atoms with E-state index < -0.39 is 0 Å². The first-order valence-corrected chi connectivity index (χ1v) is 5.57. The molecule has 13 heavy (non-hydrogen) atoms. The third kappa shape index (κ3) is 2.34. The highest BCUT2D eigenvalue weighted by Gasteiger charge is 2.45. The minimum Gasteiger partial charge on any atom is -0.313 e. The summed E-state index contributed by atoms with van der Waals surface area (Å²) in [6.45, 7) is 5.94. The molecule has 0 spiro atoms. The van der Waals surface area contributed by atoms with Gasteiger partial charge in [0.15, 0.2) is 0 Å². The molecule has 0 saturated heterocycles. The highest BCUT2D eigenvalue weighted by Crippen LogP contribution is 2.44. The lowest BCUT2D eigenvalue weighted by atomic mass is 9.94. The monoisotopic (exact) mass is 179 g/mol. The van der Waals surface area contributed by atoms with E-state index in [9.17, 15) is 0 Å². The molecule has 0 radical (unpaired) electrons. The average Bonchev–Trinajstić information content (AvgIpc) is 2.73. The smallest absolute Gasteiger partial charge is 0.0125 e. The van der Waals surface area contributed by atoms with Gasteiger partial charge in [0.05, 0.1) is 0 Å². The predicted octanol–water partition coefficient (Wildman–Crippen LogP) is 2.73. The molecular weight excluding hydrogens is 158 g/mol. The minimum atomic E-state index is 0.588. The summed E-state index contributed by atoms with van der Waals surface area (Å²) in [5, 5.41) is 3.68. The molecule has 1 N–H and O–H groups in total. The van der Waals surface area contributed by atoms with Crippen molar-refractivity contribution in [3.8, 4) is 0 Å². The van der Waals surface area contributed by atoms with E-state index in [-0.39, 0.29) is 0 Å². The van der Waals surface area contributed by atoms with E-state index in [4.69, 9.17) is 0 Å². The van der Waals surface area contributed by atoms with Crippen molar-refractivity contribution in [1.82, 2.24) is 5.32 Å². The van der Waals surface area contributed by atoms with Crippen LogP contribution in [0.4, 0.5) is 0 Å². The molecule has 0 bridgehead atoms. The highest BCUT2D eigenvalue weighted by molar-refractivity contribution is 5.02. The van der Waals surface area contributed by atoms with Gasteiger partial charge >= 0.3 is 0 Å². The number of hydrogen-bond acceptors (Lipinski definition) is 1. The van der Waals surface area contributed by atoms with Crippen LogP contribution < -0.4 is 5.32 Å². The zero-order valence-electron chi connectivity index (χ0n) is 8.84. The van der Waals surface area contributed by atoms with Crippen LogP contribution >= 0.6 is 0 Å². The van der Waals surface area contributed by atoms with Crippen LogP contribution in [0.1, 0.15) is 39.5 Å². The molecule has 74 valence electrons. The first-order chi connectivity index (χ1) is 6.18. The number of hydrogen-bond donors (Lipinski definition) is 1. The maximum atomic E-state index is 3.68. The van der Waals surface area contributed by atoms with Gasteiger partial charge in [-0.2, -0.15) is 0 Å². The van der Waals surface area contributed by atoms with Gasteiger partial charge in [-0.3, -0.25) is 0 Å². The van der Waals surface area contributed by atoms with Crippen LogP contribution in [-0.4, -0.2) is 12.6 Å². The minimum absolute atomic E-state index is 0.588. The van der Waals surface area contributed by atoms with Crippen LogP contribution in [0, 0.1) is 11.3 Å². The first kappa shape index (κ1) is 9.26. The van der Waals surface area contributed by atoms with Crippen LogP contribution in [0.2, 0.25) is 0 Å². The summed E-state index contributed by atoms with van der Waals surface area (Å²) < 4.78 is 0. The number of rotatable bonds is 3. The van der Waals surface area contributed by atoms with Gasteiger partial charge in [-0.1, -0.05) is 26.0 Å². The Morgan fingerprint density at radius 1 is 1.38 bits per heavy atom. The van der Waals surface area contributed by atoms with Gasteiger partial charge in [-0.25, -0.2) is 0 Å². The Hall–Kier alpha value is -0.300. The van der Waals surface area contributed by atoms with Crippen LogP contribution in [0.15, 0.2) is 12.2 Å². The van der Waals surface area contributed by atoms with Crippen molar-refractivity contribution in [3.63, 3.8) is 0 Å². The molecule has 2 atom stereocenters. The molecule has 1 fully saturated rings. The Morgan fingerprint density at radius 3 is 2.69 bits per heavy atom. The van der Waals surface area contributed by atoms with E-state index in [0.717, 1.165) is 12.0 Å². The first-order valence-electron chi connectivity index (χ1n) is 5.57. The lowest BCUT2D eigenvalue weighted by Crippen LogP contribution is -2.27. The molecule has 2 unspecified atom stereocenters. The Balaban J connectivity index is 1.66. The maximum Gasteiger partial charge on any atom is 0.0125 e.